The van der Waals surface area contributed by atoms with E-state index in [2.05, 4.69) is 15.9 Å². The van der Waals surface area contributed by atoms with Crippen LogP contribution in [-0.2, 0) is 9.84 Å². The molecule has 0 unspecified atom stereocenters. The second-order valence-electron chi connectivity index (χ2n) is 3.95. The van der Waals surface area contributed by atoms with Gasteiger partial charge in [0, 0.05) is 5.38 Å². The first-order valence-corrected chi connectivity index (χ1v) is 8.68. The van der Waals surface area contributed by atoms with Gasteiger partial charge < -0.3 is 10.2 Å². The molecule has 0 aliphatic heterocycles. The molecule has 21 heavy (non-hydrogen) atoms. The highest BCUT2D eigenvalue weighted by Gasteiger charge is 2.21. The standard InChI is InChI=1S/C13H8BrNO4S2/c14-11-4-8(5-12(16)13(11)17)3-10(6-15)21(18,19)9-1-2-20-7-9/h1-5,7,16-17H. The molecule has 0 aliphatic rings. The maximum absolute atomic E-state index is 12.3. The maximum atomic E-state index is 12.3. The SMILES string of the molecule is N#CC(=Cc1cc(O)c(O)c(Br)c1)S(=O)(=O)c1ccsc1. The van der Waals surface area contributed by atoms with E-state index in [0.717, 1.165) is 6.08 Å². The smallest absolute Gasteiger partial charge is 0.217 e. The zero-order valence-corrected chi connectivity index (χ0v) is 13.5. The number of benzene rings is 1. The predicted molar refractivity (Wildman–Crippen MR) is 82.6 cm³/mol. The number of phenolic OH excluding ortho intramolecular Hbond substituents is 2. The molecule has 1 aromatic carbocycles. The molecule has 0 amide bonds. The van der Waals surface area contributed by atoms with Gasteiger partial charge >= 0.3 is 0 Å². The summed E-state index contributed by atoms with van der Waals surface area (Å²) in [6, 6.07) is 5.63. The Morgan fingerprint density at radius 2 is 2.10 bits per heavy atom. The number of nitriles is 1. The number of phenols is 2. The van der Waals surface area contributed by atoms with Gasteiger partial charge in [0.15, 0.2) is 11.5 Å². The fourth-order valence-corrected chi connectivity index (χ4v) is 4.20. The Morgan fingerprint density at radius 1 is 1.38 bits per heavy atom. The Hall–Kier alpha value is -1.82. The van der Waals surface area contributed by atoms with Crippen LogP contribution in [0.5, 0.6) is 11.5 Å². The van der Waals surface area contributed by atoms with E-state index in [0.29, 0.717) is 0 Å². The third-order valence-corrected chi connectivity index (χ3v) is 5.67. The van der Waals surface area contributed by atoms with Crippen LogP contribution in [-0.4, -0.2) is 18.6 Å². The van der Waals surface area contributed by atoms with Gasteiger partial charge in [-0.3, -0.25) is 0 Å². The van der Waals surface area contributed by atoms with Crippen molar-refractivity contribution in [3.8, 4) is 17.6 Å². The van der Waals surface area contributed by atoms with Crippen molar-refractivity contribution in [2.75, 3.05) is 0 Å². The van der Waals surface area contributed by atoms with E-state index in [4.69, 9.17) is 5.26 Å². The first kappa shape index (κ1) is 15.6. The van der Waals surface area contributed by atoms with Crippen LogP contribution < -0.4 is 0 Å². The molecule has 0 aliphatic carbocycles. The second kappa shape index (κ2) is 5.89. The van der Waals surface area contributed by atoms with Gasteiger partial charge in [0.2, 0.25) is 9.84 Å². The highest BCUT2D eigenvalue weighted by Crippen LogP contribution is 2.35. The molecular formula is C13H8BrNO4S2. The van der Waals surface area contributed by atoms with E-state index in [1.165, 1.54) is 34.9 Å². The minimum Gasteiger partial charge on any atom is -0.504 e. The molecule has 0 spiro atoms. The Balaban J connectivity index is 2.55. The largest absolute Gasteiger partial charge is 0.504 e. The summed E-state index contributed by atoms with van der Waals surface area (Å²) in [6.07, 6.45) is 1.14. The second-order valence-corrected chi connectivity index (χ2v) is 7.51. The lowest BCUT2D eigenvalue weighted by Crippen LogP contribution is -2.02. The number of sulfone groups is 1. The molecule has 108 valence electrons. The highest BCUT2D eigenvalue weighted by molar-refractivity contribution is 9.10. The molecule has 1 aromatic heterocycles. The number of hydrogen-bond donors (Lipinski definition) is 2. The Kier molecular flexibility index (Phi) is 4.37. The van der Waals surface area contributed by atoms with Crippen molar-refractivity contribution in [2.24, 2.45) is 0 Å². The molecule has 2 rings (SSSR count). The normalized spacial score (nSPS) is 12.1. The summed E-state index contributed by atoms with van der Waals surface area (Å²) >= 11 is 4.24. The van der Waals surface area contributed by atoms with E-state index in [1.807, 2.05) is 0 Å². The summed E-state index contributed by atoms with van der Waals surface area (Å²) in [5, 5.41) is 31.1. The van der Waals surface area contributed by atoms with Crippen molar-refractivity contribution in [1.82, 2.24) is 0 Å². The van der Waals surface area contributed by atoms with Crippen molar-refractivity contribution in [3.05, 3.63) is 43.9 Å². The van der Waals surface area contributed by atoms with Crippen molar-refractivity contribution < 1.29 is 18.6 Å². The molecule has 8 heteroatoms. The third kappa shape index (κ3) is 3.10. The molecule has 1 heterocycles. The average molecular weight is 386 g/mol. The molecule has 0 radical (unpaired) electrons. The number of halogens is 1. The van der Waals surface area contributed by atoms with Crippen LogP contribution in [0.3, 0.4) is 0 Å². The van der Waals surface area contributed by atoms with Crippen LogP contribution in [0.15, 0.2) is 43.2 Å². The molecule has 0 saturated heterocycles. The van der Waals surface area contributed by atoms with Gasteiger partial charge in [-0.2, -0.15) is 16.6 Å². The fraction of sp³-hybridized carbons (Fsp3) is 0. The molecule has 0 saturated carbocycles. The molecule has 0 atom stereocenters. The van der Waals surface area contributed by atoms with E-state index in [1.54, 1.807) is 11.4 Å². The van der Waals surface area contributed by atoms with E-state index in [-0.39, 0.29) is 20.7 Å². The van der Waals surface area contributed by atoms with Gasteiger partial charge in [-0.15, -0.1) is 0 Å². The average Bonchev–Trinajstić information content (AvgIpc) is 2.96. The molecule has 2 aromatic rings. The number of nitrogens with zero attached hydrogens (tertiary/aromatic N) is 1. The lowest BCUT2D eigenvalue weighted by atomic mass is 10.2. The van der Waals surface area contributed by atoms with Crippen LogP contribution in [0.1, 0.15) is 5.56 Å². The van der Waals surface area contributed by atoms with Crippen LogP contribution in [0.4, 0.5) is 0 Å². The van der Waals surface area contributed by atoms with Gasteiger partial charge in [-0.25, -0.2) is 8.42 Å². The number of thiophene rings is 1. The van der Waals surface area contributed by atoms with Crippen LogP contribution in [0.2, 0.25) is 0 Å². The maximum Gasteiger partial charge on any atom is 0.217 e. The first-order valence-electron chi connectivity index (χ1n) is 5.47. The summed E-state index contributed by atoms with van der Waals surface area (Å²) in [4.78, 5) is -0.403. The van der Waals surface area contributed by atoms with E-state index >= 15 is 0 Å². The van der Waals surface area contributed by atoms with Crippen LogP contribution in [0.25, 0.3) is 6.08 Å². The highest BCUT2D eigenvalue weighted by atomic mass is 79.9. The molecule has 0 bridgehead atoms. The third-order valence-electron chi connectivity index (χ3n) is 2.57. The van der Waals surface area contributed by atoms with Crippen LogP contribution in [0, 0.1) is 11.3 Å². The van der Waals surface area contributed by atoms with Gasteiger partial charge in [0.1, 0.15) is 11.0 Å². The minimum atomic E-state index is -3.89. The molecular weight excluding hydrogens is 378 g/mol. The Labute approximate surface area is 133 Å². The van der Waals surface area contributed by atoms with Crippen LogP contribution >= 0.6 is 27.3 Å². The summed E-state index contributed by atoms with van der Waals surface area (Å²) in [5.74, 6) is -0.771. The van der Waals surface area contributed by atoms with Crippen molar-refractivity contribution in [3.63, 3.8) is 0 Å². The number of hydrogen-bond acceptors (Lipinski definition) is 6. The topological polar surface area (TPSA) is 98.4 Å². The fourth-order valence-electron chi connectivity index (χ4n) is 1.54. The quantitative estimate of drug-likeness (QED) is 0.623. The Morgan fingerprint density at radius 3 is 2.62 bits per heavy atom. The van der Waals surface area contributed by atoms with Crippen molar-refractivity contribution in [1.29, 1.82) is 5.26 Å². The Bertz CT molecular complexity index is 826. The zero-order chi connectivity index (χ0) is 15.6. The lowest BCUT2D eigenvalue weighted by Gasteiger charge is -2.04. The lowest BCUT2D eigenvalue weighted by molar-refractivity contribution is 0.401. The first-order chi connectivity index (χ1) is 9.86. The van der Waals surface area contributed by atoms with Gasteiger partial charge in [-0.05, 0) is 51.1 Å². The molecule has 2 N–H and O–H groups in total. The molecule has 0 fully saturated rings. The number of allylic oxidation sites excluding steroid dienone is 1. The number of aromatic hydroxyl groups is 2. The van der Waals surface area contributed by atoms with Crippen molar-refractivity contribution >= 4 is 43.2 Å². The summed E-state index contributed by atoms with van der Waals surface area (Å²) in [6.45, 7) is 0. The predicted octanol–water partition coefficient (Wildman–Crippen LogP) is 3.26. The van der Waals surface area contributed by atoms with Gasteiger partial charge in [-0.1, -0.05) is 0 Å². The summed E-state index contributed by atoms with van der Waals surface area (Å²) in [7, 11) is -3.89. The van der Waals surface area contributed by atoms with Crippen molar-refractivity contribution in [2.45, 2.75) is 4.90 Å². The summed E-state index contributed by atoms with van der Waals surface area (Å²) < 4.78 is 24.7. The van der Waals surface area contributed by atoms with E-state index < -0.39 is 20.5 Å². The number of rotatable bonds is 3. The van der Waals surface area contributed by atoms with E-state index in [9.17, 15) is 18.6 Å². The minimum absolute atomic E-state index is 0.0439. The van der Waals surface area contributed by atoms with Gasteiger partial charge in [0.05, 0.1) is 9.37 Å². The monoisotopic (exact) mass is 385 g/mol. The molecule has 5 nitrogen and oxygen atoms in total. The zero-order valence-electron chi connectivity index (χ0n) is 10.3. The summed E-state index contributed by atoms with van der Waals surface area (Å²) in [5.41, 5.74) is 0.271. The van der Waals surface area contributed by atoms with Gasteiger partial charge in [0.25, 0.3) is 0 Å².